The van der Waals surface area contributed by atoms with Crippen molar-refractivity contribution < 1.29 is 9.90 Å². The Bertz CT molecular complexity index is 419. The van der Waals surface area contributed by atoms with Crippen LogP contribution in [0.4, 0.5) is 0 Å². The standard InChI is InChI=1S/C12H14ClNO2/c13-10-6-2-3-7-8(10)4-1-5-9(7)11(14)12(15)16/h2-3,6,9,11H,1,4-5,14H2,(H,15,16). The molecular formula is C12H14ClNO2. The highest BCUT2D eigenvalue weighted by atomic mass is 35.5. The van der Waals surface area contributed by atoms with E-state index in [-0.39, 0.29) is 5.92 Å². The molecule has 1 aromatic carbocycles. The molecule has 0 bridgehead atoms. The number of hydrogen-bond donors (Lipinski definition) is 2. The Balaban J connectivity index is 2.40. The van der Waals surface area contributed by atoms with Crippen molar-refractivity contribution in [2.45, 2.75) is 31.2 Å². The molecule has 0 radical (unpaired) electrons. The minimum atomic E-state index is -0.946. The summed E-state index contributed by atoms with van der Waals surface area (Å²) in [5.41, 5.74) is 7.79. The predicted octanol–water partition coefficient (Wildman–Crippen LogP) is 2.17. The second-order valence-corrected chi connectivity index (χ2v) is 4.58. The molecule has 2 rings (SSSR count). The average Bonchev–Trinajstić information content (AvgIpc) is 2.28. The third-order valence-electron chi connectivity index (χ3n) is 3.22. The summed E-state index contributed by atoms with van der Waals surface area (Å²) in [6.45, 7) is 0. The van der Waals surface area contributed by atoms with Gasteiger partial charge in [0.2, 0.25) is 0 Å². The molecule has 3 nitrogen and oxygen atoms in total. The number of nitrogens with two attached hydrogens (primary N) is 1. The zero-order valence-electron chi connectivity index (χ0n) is 8.82. The van der Waals surface area contributed by atoms with Crippen LogP contribution in [0.15, 0.2) is 18.2 Å². The van der Waals surface area contributed by atoms with Gasteiger partial charge in [-0.25, -0.2) is 0 Å². The lowest BCUT2D eigenvalue weighted by molar-refractivity contribution is -0.139. The monoisotopic (exact) mass is 239 g/mol. The van der Waals surface area contributed by atoms with E-state index in [1.807, 2.05) is 18.2 Å². The van der Waals surface area contributed by atoms with E-state index in [1.54, 1.807) is 0 Å². The number of halogens is 1. The molecular weight excluding hydrogens is 226 g/mol. The van der Waals surface area contributed by atoms with Crippen LogP contribution in [0.2, 0.25) is 5.02 Å². The molecule has 0 fully saturated rings. The molecule has 16 heavy (non-hydrogen) atoms. The van der Waals surface area contributed by atoms with Crippen LogP contribution in [0.25, 0.3) is 0 Å². The Hall–Kier alpha value is -1.06. The van der Waals surface area contributed by atoms with Crippen LogP contribution >= 0.6 is 11.6 Å². The van der Waals surface area contributed by atoms with E-state index in [0.717, 1.165) is 35.4 Å². The smallest absolute Gasteiger partial charge is 0.321 e. The summed E-state index contributed by atoms with van der Waals surface area (Å²) in [5, 5.41) is 9.69. The first kappa shape index (κ1) is 11.4. The number of aliphatic carboxylic acids is 1. The molecule has 0 aliphatic heterocycles. The van der Waals surface area contributed by atoms with Gasteiger partial charge in [-0.15, -0.1) is 0 Å². The highest BCUT2D eigenvalue weighted by Crippen LogP contribution is 2.36. The molecule has 0 saturated heterocycles. The van der Waals surface area contributed by atoms with Gasteiger partial charge in [0, 0.05) is 10.9 Å². The summed E-state index contributed by atoms with van der Waals surface area (Å²) in [5.74, 6) is -1.06. The average molecular weight is 240 g/mol. The lowest BCUT2D eigenvalue weighted by Crippen LogP contribution is -2.38. The van der Waals surface area contributed by atoms with Crippen LogP contribution in [0.5, 0.6) is 0 Å². The predicted molar refractivity (Wildman–Crippen MR) is 62.7 cm³/mol. The zero-order chi connectivity index (χ0) is 11.7. The van der Waals surface area contributed by atoms with E-state index < -0.39 is 12.0 Å². The van der Waals surface area contributed by atoms with E-state index in [0.29, 0.717) is 0 Å². The lowest BCUT2D eigenvalue weighted by atomic mass is 9.79. The van der Waals surface area contributed by atoms with E-state index in [4.69, 9.17) is 22.4 Å². The van der Waals surface area contributed by atoms with Crippen LogP contribution in [-0.4, -0.2) is 17.1 Å². The molecule has 0 aromatic heterocycles. The SMILES string of the molecule is NC(C(=O)O)C1CCCc2c(Cl)cccc21. The number of fused-ring (bicyclic) bond motifs is 1. The van der Waals surface area contributed by atoms with Gasteiger partial charge in [-0.1, -0.05) is 23.7 Å². The molecule has 86 valence electrons. The summed E-state index contributed by atoms with van der Waals surface area (Å²) < 4.78 is 0. The maximum absolute atomic E-state index is 10.9. The van der Waals surface area contributed by atoms with E-state index in [2.05, 4.69) is 0 Å². The highest BCUT2D eigenvalue weighted by molar-refractivity contribution is 6.31. The molecule has 1 aliphatic rings. The summed E-state index contributed by atoms with van der Waals surface area (Å²) in [4.78, 5) is 10.9. The summed E-state index contributed by atoms with van der Waals surface area (Å²) >= 11 is 6.10. The Labute approximate surface area is 99.2 Å². The van der Waals surface area contributed by atoms with Crippen LogP contribution in [-0.2, 0) is 11.2 Å². The molecule has 0 heterocycles. The molecule has 0 spiro atoms. The molecule has 4 heteroatoms. The van der Waals surface area contributed by atoms with E-state index >= 15 is 0 Å². The first-order valence-electron chi connectivity index (χ1n) is 5.37. The van der Waals surface area contributed by atoms with Gasteiger partial charge in [0.05, 0.1) is 0 Å². The van der Waals surface area contributed by atoms with Crippen molar-refractivity contribution in [3.8, 4) is 0 Å². The molecule has 1 aliphatic carbocycles. The second-order valence-electron chi connectivity index (χ2n) is 4.17. The molecule has 3 N–H and O–H groups in total. The van der Waals surface area contributed by atoms with Gasteiger partial charge >= 0.3 is 5.97 Å². The fraction of sp³-hybridized carbons (Fsp3) is 0.417. The summed E-state index contributed by atoms with van der Waals surface area (Å²) in [7, 11) is 0. The van der Waals surface area contributed by atoms with Crippen molar-refractivity contribution in [1.82, 2.24) is 0 Å². The Kier molecular flexibility index (Phi) is 3.17. The van der Waals surface area contributed by atoms with Crippen LogP contribution in [0.1, 0.15) is 29.9 Å². The van der Waals surface area contributed by atoms with Crippen molar-refractivity contribution in [1.29, 1.82) is 0 Å². The fourth-order valence-corrected chi connectivity index (χ4v) is 2.66. The van der Waals surface area contributed by atoms with Gasteiger partial charge < -0.3 is 10.8 Å². The minimum Gasteiger partial charge on any atom is -0.480 e. The maximum atomic E-state index is 10.9. The first-order chi connectivity index (χ1) is 7.61. The van der Waals surface area contributed by atoms with Crippen LogP contribution in [0, 0.1) is 0 Å². The van der Waals surface area contributed by atoms with Crippen LogP contribution < -0.4 is 5.73 Å². The molecule has 1 aromatic rings. The fourth-order valence-electron chi connectivity index (χ4n) is 2.39. The third kappa shape index (κ3) is 1.93. The molecule has 2 atom stereocenters. The second kappa shape index (κ2) is 4.44. The van der Waals surface area contributed by atoms with E-state index in [9.17, 15) is 4.79 Å². The van der Waals surface area contributed by atoms with Crippen molar-refractivity contribution in [3.05, 3.63) is 34.3 Å². The van der Waals surface area contributed by atoms with Crippen molar-refractivity contribution in [2.24, 2.45) is 5.73 Å². The third-order valence-corrected chi connectivity index (χ3v) is 3.57. The topological polar surface area (TPSA) is 63.3 Å². The summed E-state index contributed by atoms with van der Waals surface area (Å²) in [6.07, 6.45) is 2.68. The Morgan fingerprint density at radius 1 is 1.56 bits per heavy atom. The quantitative estimate of drug-likeness (QED) is 0.832. The van der Waals surface area contributed by atoms with Gasteiger partial charge in [-0.05, 0) is 36.5 Å². The van der Waals surface area contributed by atoms with Crippen molar-refractivity contribution >= 4 is 17.6 Å². The number of hydrogen-bond acceptors (Lipinski definition) is 2. The van der Waals surface area contributed by atoms with Gasteiger partial charge in [0.15, 0.2) is 0 Å². The minimum absolute atomic E-state index is 0.111. The molecule has 2 unspecified atom stereocenters. The first-order valence-corrected chi connectivity index (χ1v) is 5.74. The van der Waals surface area contributed by atoms with Gasteiger partial charge in [0.1, 0.15) is 6.04 Å². The lowest BCUT2D eigenvalue weighted by Gasteiger charge is -2.28. The number of carboxylic acids is 1. The van der Waals surface area contributed by atoms with Gasteiger partial charge in [-0.3, -0.25) is 4.79 Å². The number of carboxylic acid groups (broad SMARTS) is 1. The maximum Gasteiger partial charge on any atom is 0.321 e. The van der Waals surface area contributed by atoms with Crippen molar-refractivity contribution in [3.63, 3.8) is 0 Å². The van der Waals surface area contributed by atoms with Crippen molar-refractivity contribution in [2.75, 3.05) is 0 Å². The summed E-state index contributed by atoms with van der Waals surface area (Å²) in [6, 6.07) is 4.80. The number of rotatable bonds is 2. The Morgan fingerprint density at radius 2 is 2.31 bits per heavy atom. The number of benzene rings is 1. The molecule has 0 saturated carbocycles. The zero-order valence-corrected chi connectivity index (χ0v) is 9.57. The number of carbonyl (C=O) groups is 1. The molecule has 0 amide bonds. The normalized spacial score (nSPS) is 21.2. The largest absolute Gasteiger partial charge is 0.480 e. The highest BCUT2D eigenvalue weighted by Gasteiger charge is 2.30. The van der Waals surface area contributed by atoms with Gasteiger partial charge in [0.25, 0.3) is 0 Å². The van der Waals surface area contributed by atoms with E-state index in [1.165, 1.54) is 0 Å². The van der Waals surface area contributed by atoms with Gasteiger partial charge in [-0.2, -0.15) is 0 Å². The Morgan fingerprint density at radius 3 is 3.00 bits per heavy atom. The van der Waals surface area contributed by atoms with Crippen LogP contribution in [0.3, 0.4) is 0 Å².